The largest absolute Gasteiger partial charge is 0.374 e. The Morgan fingerprint density at radius 3 is 2.62 bits per heavy atom. The van der Waals surface area contributed by atoms with Gasteiger partial charge in [0.25, 0.3) is 0 Å². The third-order valence-electron chi connectivity index (χ3n) is 5.58. The van der Waals surface area contributed by atoms with Crippen molar-refractivity contribution in [1.82, 2.24) is 20.4 Å². The number of nitrogens with zero attached hydrogens (tertiary/aromatic N) is 3. The Morgan fingerprint density at radius 2 is 2.00 bits per heavy atom. The van der Waals surface area contributed by atoms with Crippen molar-refractivity contribution in [1.29, 1.82) is 0 Å². The van der Waals surface area contributed by atoms with Crippen molar-refractivity contribution >= 4 is 6.03 Å². The molecule has 132 valence electrons. The van der Waals surface area contributed by atoms with Crippen molar-refractivity contribution in [3.05, 3.63) is 11.7 Å². The van der Waals surface area contributed by atoms with Crippen molar-refractivity contribution in [3.63, 3.8) is 0 Å². The van der Waals surface area contributed by atoms with E-state index in [0.717, 1.165) is 25.3 Å². The maximum absolute atomic E-state index is 12.3. The van der Waals surface area contributed by atoms with Gasteiger partial charge >= 0.3 is 6.03 Å². The summed E-state index contributed by atoms with van der Waals surface area (Å²) < 4.78 is 11.2. The van der Waals surface area contributed by atoms with Crippen LogP contribution in [0.5, 0.6) is 0 Å². The highest BCUT2D eigenvalue weighted by Gasteiger charge is 2.53. The van der Waals surface area contributed by atoms with E-state index >= 15 is 0 Å². The van der Waals surface area contributed by atoms with Gasteiger partial charge in [0.2, 0.25) is 5.89 Å². The summed E-state index contributed by atoms with van der Waals surface area (Å²) in [5, 5.41) is 6.97. The Morgan fingerprint density at radius 1 is 1.29 bits per heavy atom. The number of aromatic nitrogens is 2. The van der Waals surface area contributed by atoms with Crippen LogP contribution in [-0.2, 0) is 11.2 Å². The molecule has 0 radical (unpaired) electrons. The average Bonchev–Trinajstić information content (AvgIpc) is 3.32. The predicted molar refractivity (Wildman–Crippen MR) is 86.6 cm³/mol. The molecule has 7 nitrogen and oxygen atoms in total. The minimum absolute atomic E-state index is 0.0530. The molecule has 0 unspecified atom stereocenters. The summed E-state index contributed by atoms with van der Waals surface area (Å²) in [4.78, 5) is 18.7. The van der Waals surface area contributed by atoms with E-state index < -0.39 is 0 Å². The van der Waals surface area contributed by atoms with Gasteiger partial charge < -0.3 is 19.5 Å². The predicted octanol–water partition coefficient (Wildman–Crippen LogP) is 1.94. The number of nitrogens with one attached hydrogen (secondary N) is 1. The van der Waals surface area contributed by atoms with E-state index in [4.69, 9.17) is 9.26 Å². The minimum Gasteiger partial charge on any atom is -0.374 e. The van der Waals surface area contributed by atoms with Gasteiger partial charge in [0.1, 0.15) is 0 Å². The number of urea groups is 1. The first-order valence-electron chi connectivity index (χ1n) is 9.12. The fourth-order valence-corrected chi connectivity index (χ4v) is 4.28. The molecule has 0 aliphatic carbocycles. The highest BCUT2D eigenvalue weighted by atomic mass is 16.5. The highest BCUT2D eigenvalue weighted by Crippen LogP contribution is 2.47. The van der Waals surface area contributed by atoms with Gasteiger partial charge in [-0.2, -0.15) is 4.98 Å². The Bertz CT molecular complexity index is 584. The fourth-order valence-electron chi connectivity index (χ4n) is 4.28. The second-order valence-corrected chi connectivity index (χ2v) is 7.56. The molecule has 0 saturated carbocycles. The van der Waals surface area contributed by atoms with Crippen LogP contribution in [0.1, 0.15) is 50.7 Å². The maximum Gasteiger partial charge on any atom is 0.317 e. The number of hydrogen-bond donors (Lipinski definition) is 1. The third kappa shape index (κ3) is 2.90. The van der Waals surface area contributed by atoms with Gasteiger partial charge in [-0.1, -0.05) is 19.0 Å². The summed E-state index contributed by atoms with van der Waals surface area (Å²) in [6.45, 7) is 6.40. The number of carbonyl (C=O) groups is 1. The quantitative estimate of drug-likeness (QED) is 0.833. The second kappa shape index (κ2) is 6.35. The van der Waals surface area contributed by atoms with Crippen molar-refractivity contribution in [2.24, 2.45) is 11.8 Å². The van der Waals surface area contributed by atoms with Crippen LogP contribution in [-0.4, -0.2) is 52.9 Å². The summed E-state index contributed by atoms with van der Waals surface area (Å²) in [6.07, 6.45) is 4.63. The molecule has 24 heavy (non-hydrogen) atoms. The van der Waals surface area contributed by atoms with E-state index in [-0.39, 0.29) is 11.9 Å². The monoisotopic (exact) mass is 334 g/mol. The lowest BCUT2D eigenvalue weighted by Crippen LogP contribution is -2.40. The number of likely N-dealkylation sites (tertiary alicyclic amines) is 1. The molecule has 2 amide bonds. The molecule has 1 aromatic heterocycles. The molecule has 7 heteroatoms. The van der Waals surface area contributed by atoms with E-state index in [1.807, 2.05) is 18.7 Å². The lowest BCUT2D eigenvalue weighted by atomic mass is 9.82. The van der Waals surface area contributed by atoms with Gasteiger partial charge in [-0.15, -0.1) is 0 Å². The van der Waals surface area contributed by atoms with Gasteiger partial charge in [-0.05, 0) is 19.3 Å². The van der Waals surface area contributed by atoms with E-state index in [1.54, 1.807) is 0 Å². The van der Waals surface area contributed by atoms with Crippen molar-refractivity contribution in [3.8, 4) is 0 Å². The Balaban J connectivity index is 1.19. The molecule has 3 aliphatic heterocycles. The summed E-state index contributed by atoms with van der Waals surface area (Å²) in [6, 6.07) is 0.0530. The zero-order valence-corrected chi connectivity index (χ0v) is 14.4. The summed E-state index contributed by atoms with van der Waals surface area (Å²) in [5.41, 5.74) is 0. The first-order chi connectivity index (χ1) is 11.6. The van der Waals surface area contributed by atoms with Gasteiger partial charge in [-0.3, -0.25) is 0 Å². The van der Waals surface area contributed by atoms with Crippen LogP contribution in [0.3, 0.4) is 0 Å². The maximum atomic E-state index is 12.3. The Hall–Kier alpha value is -1.63. The van der Waals surface area contributed by atoms with Gasteiger partial charge in [0, 0.05) is 43.8 Å². The van der Waals surface area contributed by atoms with Crippen LogP contribution in [0.2, 0.25) is 0 Å². The average molecular weight is 334 g/mol. The molecule has 4 rings (SSSR count). The number of carbonyl (C=O) groups excluding carboxylic acids is 1. The number of ether oxygens (including phenoxy) is 1. The molecular weight excluding hydrogens is 308 g/mol. The SMILES string of the molecule is CC(C)c1noc(CCCNC(=O)N2C[C@@H]3[C@@H](C2)[C@H]2CC[C@H]3O2)n1. The van der Waals surface area contributed by atoms with E-state index in [1.165, 1.54) is 12.8 Å². The normalized spacial score (nSPS) is 31.0. The smallest absolute Gasteiger partial charge is 0.317 e. The molecule has 1 aromatic rings. The Kier molecular flexibility index (Phi) is 4.20. The number of fused-ring (bicyclic) bond motifs is 5. The third-order valence-corrected chi connectivity index (χ3v) is 5.58. The molecular formula is C17H26N4O3. The van der Waals surface area contributed by atoms with Crippen LogP contribution >= 0.6 is 0 Å². The first-order valence-corrected chi connectivity index (χ1v) is 9.12. The molecule has 4 heterocycles. The van der Waals surface area contributed by atoms with Crippen molar-refractivity contribution in [2.45, 2.75) is 57.7 Å². The van der Waals surface area contributed by atoms with Gasteiger partial charge in [0.15, 0.2) is 5.82 Å². The molecule has 3 fully saturated rings. The van der Waals surface area contributed by atoms with Crippen molar-refractivity contribution < 1.29 is 14.1 Å². The molecule has 1 N–H and O–H groups in total. The molecule has 0 aromatic carbocycles. The second-order valence-electron chi connectivity index (χ2n) is 7.56. The lowest BCUT2D eigenvalue weighted by Gasteiger charge is -2.19. The van der Waals surface area contributed by atoms with Crippen LogP contribution in [0, 0.1) is 11.8 Å². The molecule has 2 bridgehead atoms. The van der Waals surface area contributed by atoms with Crippen LogP contribution in [0.4, 0.5) is 4.79 Å². The molecule has 3 saturated heterocycles. The minimum atomic E-state index is 0.0530. The number of hydrogen-bond acceptors (Lipinski definition) is 5. The van der Waals surface area contributed by atoms with Crippen LogP contribution < -0.4 is 5.32 Å². The summed E-state index contributed by atoms with van der Waals surface area (Å²) in [5.74, 6) is 2.78. The van der Waals surface area contributed by atoms with Crippen LogP contribution in [0.25, 0.3) is 0 Å². The standard InChI is InChI=1S/C17H26N4O3/c1-10(2)16-19-15(24-20-16)4-3-7-18-17(22)21-8-11-12(9-21)14-6-5-13(11)23-14/h10-14H,3-9H2,1-2H3,(H,18,22)/t11-,12-,13-,14-/m1/s1. The summed E-state index contributed by atoms with van der Waals surface area (Å²) in [7, 11) is 0. The molecule has 0 spiro atoms. The number of rotatable bonds is 5. The topological polar surface area (TPSA) is 80.5 Å². The zero-order chi connectivity index (χ0) is 16.7. The lowest BCUT2D eigenvalue weighted by molar-refractivity contribution is 0.0739. The molecule has 3 aliphatic rings. The number of amides is 2. The van der Waals surface area contributed by atoms with E-state index in [9.17, 15) is 4.79 Å². The highest BCUT2D eigenvalue weighted by molar-refractivity contribution is 5.74. The van der Waals surface area contributed by atoms with Gasteiger partial charge in [-0.25, -0.2) is 4.79 Å². The first kappa shape index (κ1) is 15.9. The van der Waals surface area contributed by atoms with Crippen LogP contribution in [0.15, 0.2) is 4.52 Å². The summed E-state index contributed by atoms with van der Waals surface area (Å²) >= 11 is 0. The van der Waals surface area contributed by atoms with E-state index in [0.29, 0.717) is 42.9 Å². The van der Waals surface area contributed by atoms with Crippen molar-refractivity contribution in [2.75, 3.05) is 19.6 Å². The fraction of sp³-hybridized carbons (Fsp3) is 0.824. The van der Waals surface area contributed by atoms with Gasteiger partial charge in [0.05, 0.1) is 12.2 Å². The zero-order valence-electron chi connectivity index (χ0n) is 14.4. The Labute approximate surface area is 142 Å². The number of aryl methyl sites for hydroxylation is 1. The molecule has 4 atom stereocenters. The van der Waals surface area contributed by atoms with E-state index in [2.05, 4.69) is 15.5 Å².